The minimum Gasteiger partial charge on any atom is -0.508 e. The second-order valence-electron chi connectivity index (χ2n) is 4.75. The van der Waals surface area contributed by atoms with Gasteiger partial charge in [-0.25, -0.2) is 0 Å². The number of phenolic OH excluding ortho intramolecular Hbond substituents is 1. The summed E-state index contributed by atoms with van der Waals surface area (Å²) in [5.74, 6) is 0.794. The van der Waals surface area contributed by atoms with Crippen molar-refractivity contribution in [3.63, 3.8) is 0 Å². The lowest BCUT2D eigenvalue weighted by atomic mass is 10.1. The number of hydrogen-bond acceptors (Lipinski definition) is 2. The molecule has 1 unspecified atom stereocenters. The third-order valence-corrected chi connectivity index (χ3v) is 3.30. The zero-order valence-electron chi connectivity index (χ0n) is 11.5. The molecule has 1 amide bonds. The normalized spacial score (nSPS) is 12.2. The summed E-state index contributed by atoms with van der Waals surface area (Å²) in [5, 5.41) is 9.67. The number of benzene rings is 1. The SMILES string of the molecule is CCC(C)CN(CC)C(=O)Cc1ccccc1O. The Morgan fingerprint density at radius 2 is 2.00 bits per heavy atom. The van der Waals surface area contributed by atoms with Gasteiger partial charge in [-0.1, -0.05) is 38.5 Å². The first-order chi connectivity index (χ1) is 8.58. The zero-order valence-corrected chi connectivity index (χ0v) is 11.5. The Labute approximate surface area is 109 Å². The van der Waals surface area contributed by atoms with Gasteiger partial charge in [0.15, 0.2) is 0 Å². The third kappa shape index (κ3) is 4.06. The van der Waals surface area contributed by atoms with Crippen LogP contribution in [0.15, 0.2) is 24.3 Å². The van der Waals surface area contributed by atoms with Gasteiger partial charge < -0.3 is 10.0 Å². The lowest BCUT2D eigenvalue weighted by molar-refractivity contribution is -0.130. The van der Waals surface area contributed by atoms with Crippen LogP contribution in [-0.4, -0.2) is 29.0 Å². The summed E-state index contributed by atoms with van der Waals surface area (Å²) >= 11 is 0. The van der Waals surface area contributed by atoms with Gasteiger partial charge in [0.1, 0.15) is 5.75 Å². The molecule has 0 aliphatic heterocycles. The summed E-state index contributed by atoms with van der Waals surface area (Å²) in [6.45, 7) is 7.78. The third-order valence-electron chi connectivity index (χ3n) is 3.30. The van der Waals surface area contributed by atoms with Crippen LogP contribution in [0.1, 0.15) is 32.8 Å². The molecule has 0 aliphatic rings. The van der Waals surface area contributed by atoms with Gasteiger partial charge in [0.2, 0.25) is 5.91 Å². The number of hydrogen-bond donors (Lipinski definition) is 1. The fourth-order valence-corrected chi connectivity index (χ4v) is 1.85. The smallest absolute Gasteiger partial charge is 0.227 e. The molecule has 0 saturated heterocycles. The standard InChI is InChI=1S/C15H23NO2/c1-4-12(3)11-16(5-2)15(18)10-13-8-6-7-9-14(13)17/h6-9,12,17H,4-5,10-11H2,1-3H3. The van der Waals surface area contributed by atoms with Gasteiger partial charge in [-0.05, 0) is 18.9 Å². The van der Waals surface area contributed by atoms with E-state index in [1.165, 1.54) is 0 Å². The molecule has 3 heteroatoms. The van der Waals surface area contributed by atoms with Crippen molar-refractivity contribution in [3.05, 3.63) is 29.8 Å². The van der Waals surface area contributed by atoms with Gasteiger partial charge in [-0.15, -0.1) is 0 Å². The van der Waals surface area contributed by atoms with Crippen LogP contribution in [0.2, 0.25) is 0 Å². The molecule has 1 rings (SSSR count). The maximum atomic E-state index is 12.2. The van der Waals surface area contributed by atoms with Crippen molar-refractivity contribution in [2.45, 2.75) is 33.6 Å². The number of nitrogens with zero attached hydrogens (tertiary/aromatic N) is 1. The van der Waals surface area contributed by atoms with Crippen LogP contribution < -0.4 is 0 Å². The summed E-state index contributed by atoms with van der Waals surface area (Å²) in [4.78, 5) is 14.0. The highest BCUT2D eigenvalue weighted by atomic mass is 16.3. The number of carbonyl (C=O) groups excluding carboxylic acids is 1. The first-order valence-corrected chi connectivity index (χ1v) is 6.63. The zero-order chi connectivity index (χ0) is 13.5. The summed E-state index contributed by atoms with van der Waals surface area (Å²) in [6.07, 6.45) is 1.34. The number of amides is 1. The van der Waals surface area contributed by atoms with Crippen LogP contribution in [0.3, 0.4) is 0 Å². The van der Waals surface area contributed by atoms with E-state index in [0.29, 0.717) is 11.5 Å². The largest absolute Gasteiger partial charge is 0.508 e. The molecule has 1 aromatic carbocycles. The van der Waals surface area contributed by atoms with E-state index < -0.39 is 0 Å². The van der Waals surface area contributed by atoms with Crippen LogP contribution >= 0.6 is 0 Å². The quantitative estimate of drug-likeness (QED) is 0.842. The molecule has 0 spiro atoms. The topological polar surface area (TPSA) is 40.5 Å². The second-order valence-corrected chi connectivity index (χ2v) is 4.75. The summed E-state index contributed by atoms with van der Waals surface area (Å²) in [6, 6.07) is 7.02. The van der Waals surface area contributed by atoms with E-state index in [4.69, 9.17) is 0 Å². The van der Waals surface area contributed by atoms with Gasteiger partial charge >= 0.3 is 0 Å². The fraction of sp³-hybridized carbons (Fsp3) is 0.533. The summed E-state index contributed by atoms with van der Waals surface area (Å²) in [5.41, 5.74) is 0.699. The van der Waals surface area contributed by atoms with Gasteiger partial charge in [0.05, 0.1) is 6.42 Å². The predicted octanol–water partition coefficient (Wildman–Crippen LogP) is 2.83. The molecule has 0 fully saturated rings. The van der Waals surface area contributed by atoms with Crippen molar-refractivity contribution in [2.24, 2.45) is 5.92 Å². The average molecular weight is 249 g/mol. The Morgan fingerprint density at radius 3 is 2.56 bits per heavy atom. The minimum absolute atomic E-state index is 0.0827. The maximum absolute atomic E-state index is 12.2. The van der Waals surface area contributed by atoms with Crippen LogP contribution in [0, 0.1) is 5.92 Å². The van der Waals surface area contributed by atoms with E-state index in [2.05, 4.69) is 13.8 Å². The molecule has 0 heterocycles. The molecule has 18 heavy (non-hydrogen) atoms. The van der Waals surface area contributed by atoms with Crippen LogP contribution in [0.5, 0.6) is 5.75 Å². The molecule has 0 aromatic heterocycles. The molecule has 1 N–H and O–H groups in total. The Balaban J connectivity index is 2.65. The van der Waals surface area contributed by atoms with Crippen molar-refractivity contribution in [1.29, 1.82) is 0 Å². The Bertz CT molecular complexity index is 390. The number of aromatic hydroxyl groups is 1. The van der Waals surface area contributed by atoms with E-state index in [1.807, 2.05) is 17.9 Å². The molecule has 0 bridgehead atoms. The molecule has 0 radical (unpaired) electrons. The van der Waals surface area contributed by atoms with Crippen LogP contribution in [-0.2, 0) is 11.2 Å². The molecular formula is C15H23NO2. The number of phenols is 1. The molecule has 1 aromatic rings. The van der Waals surface area contributed by atoms with Crippen molar-refractivity contribution < 1.29 is 9.90 Å². The highest BCUT2D eigenvalue weighted by Gasteiger charge is 2.15. The average Bonchev–Trinajstić information content (AvgIpc) is 2.38. The van der Waals surface area contributed by atoms with Crippen molar-refractivity contribution in [3.8, 4) is 5.75 Å². The van der Waals surface area contributed by atoms with Crippen molar-refractivity contribution in [1.82, 2.24) is 4.90 Å². The Morgan fingerprint density at radius 1 is 1.33 bits per heavy atom. The first-order valence-electron chi connectivity index (χ1n) is 6.63. The maximum Gasteiger partial charge on any atom is 0.227 e. The van der Waals surface area contributed by atoms with E-state index >= 15 is 0 Å². The van der Waals surface area contributed by atoms with Crippen LogP contribution in [0.4, 0.5) is 0 Å². The predicted molar refractivity (Wildman–Crippen MR) is 73.5 cm³/mol. The van der Waals surface area contributed by atoms with Crippen molar-refractivity contribution >= 4 is 5.91 Å². The van der Waals surface area contributed by atoms with E-state index in [9.17, 15) is 9.90 Å². The van der Waals surface area contributed by atoms with Gasteiger partial charge in [-0.3, -0.25) is 4.79 Å². The number of carbonyl (C=O) groups is 1. The minimum atomic E-state index is 0.0827. The highest BCUT2D eigenvalue weighted by Crippen LogP contribution is 2.17. The fourth-order valence-electron chi connectivity index (χ4n) is 1.85. The first kappa shape index (κ1) is 14.6. The number of likely N-dealkylation sites (N-methyl/N-ethyl adjacent to an activating group) is 1. The van der Waals surface area contributed by atoms with Gasteiger partial charge in [0, 0.05) is 18.7 Å². The lowest BCUT2D eigenvalue weighted by Crippen LogP contribution is -2.35. The van der Waals surface area contributed by atoms with E-state index in [0.717, 1.165) is 19.5 Å². The summed E-state index contributed by atoms with van der Waals surface area (Å²) in [7, 11) is 0. The number of rotatable bonds is 6. The summed E-state index contributed by atoms with van der Waals surface area (Å²) < 4.78 is 0. The second kappa shape index (κ2) is 7.04. The molecule has 1 atom stereocenters. The molecule has 0 aliphatic carbocycles. The molecule has 3 nitrogen and oxygen atoms in total. The van der Waals surface area contributed by atoms with Gasteiger partial charge in [-0.2, -0.15) is 0 Å². The molecule has 0 saturated carbocycles. The van der Waals surface area contributed by atoms with Gasteiger partial charge in [0.25, 0.3) is 0 Å². The molecular weight excluding hydrogens is 226 g/mol. The van der Waals surface area contributed by atoms with E-state index in [1.54, 1.807) is 18.2 Å². The van der Waals surface area contributed by atoms with Crippen LogP contribution in [0.25, 0.3) is 0 Å². The Kier molecular flexibility index (Phi) is 5.69. The van der Waals surface area contributed by atoms with Crippen molar-refractivity contribution in [2.75, 3.05) is 13.1 Å². The Hall–Kier alpha value is -1.51. The monoisotopic (exact) mass is 249 g/mol. The number of para-hydroxylation sites is 1. The van der Waals surface area contributed by atoms with E-state index in [-0.39, 0.29) is 18.1 Å². The molecule has 100 valence electrons. The highest BCUT2D eigenvalue weighted by molar-refractivity contribution is 5.79. The lowest BCUT2D eigenvalue weighted by Gasteiger charge is -2.24.